The number of hydrogen-bond acceptors (Lipinski definition) is 3. The fourth-order valence-corrected chi connectivity index (χ4v) is 1.25. The highest BCUT2D eigenvalue weighted by atomic mass is 16.4. The smallest absolute Gasteiger partial charge is 0.320 e. The number of rotatable bonds is 9. The molecule has 0 saturated carbocycles. The minimum atomic E-state index is -0.950. The Morgan fingerprint density at radius 3 is 2.71 bits per heavy atom. The molecule has 0 spiro atoms. The van der Waals surface area contributed by atoms with Gasteiger partial charge < -0.3 is 21.9 Å². The van der Waals surface area contributed by atoms with Gasteiger partial charge in [-0.05, 0) is 25.7 Å². The quantitative estimate of drug-likeness (QED) is 0.264. The first-order valence-corrected chi connectivity index (χ1v) is 6.10. The van der Waals surface area contributed by atoms with Crippen LogP contribution in [0.25, 0.3) is 0 Å². The standard InChI is InChI=1S/C11H24N4O2/c1-2-3-7-14-11(13)15-8-5-4-6-9(12)10(16)17/h9H,2-8,12H2,1H3,(H,16,17)(H3,13,14,15)/t9-/m0/s1. The molecule has 0 aliphatic carbocycles. The fraction of sp³-hybridized carbons (Fsp3) is 0.818. The molecule has 0 fully saturated rings. The third-order valence-corrected chi connectivity index (χ3v) is 2.36. The molecule has 6 N–H and O–H groups in total. The van der Waals surface area contributed by atoms with E-state index in [0.717, 1.165) is 32.2 Å². The first-order chi connectivity index (χ1) is 8.07. The van der Waals surface area contributed by atoms with Crippen molar-refractivity contribution in [1.29, 1.82) is 0 Å². The van der Waals surface area contributed by atoms with E-state index in [1.54, 1.807) is 0 Å². The molecule has 6 heteroatoms. The number of aliphatic imine (C=N–C) groups is 1. The van der Waals surface area contributed by atoms with E-state index in [1.165, 1.54) is 0 Å². The molecule has 0 unspecified atom stereocenters. The minimum Gasteiger partial charge on any atom is -0.480 e. The van der Waals surface area contributed by atoms with E-state index in [9.17, 15) is 4.79 Å². The molecule has 0 bridgehead atoms. The fourth-order valence-electron chi connectivity index (χ4n) is 1.25. The molecular weight excluding hydrogens is 220 g/mol. The Morgan fingerprint density at radius 1 is 1.41 bits per heavy atom. The molecule has 0 aliphatic heterocycles. The molecule has 0 aliphatic rings. The Labute approximate surface area is 102 Å². The molecular formula is C11H24N4O2. The molecule has 0 amide bonds. The van der Waals surface area contributed by atoms with Crippen LogP contribution >= 0.6 is 0 Å². The van der Waals surface area contributed by atoms with Gasteiger partial charge in [-0.25, -0.2) is 0 Å². The molecule has 17 heavy (non-hydrogen) atoms. The Balaban J connectivity index is 3.48. The second-order valence-electron chi connectivity index (χ2n) is 3.99. The number of carboxylic acid groups (broad SMARTS) is 1. The van der Waals surface area contributed by atoms with Crippen LogP contribution in [0.5, 0.6) is 0 Å². The summed E-state index contributed by atoms with van der Waals surface area (Å²) in [6.07, 6.45) is 4.22. The second kappa shape index (κ2) is 9.89. The normalized spacial score (nSPS) is 13.4. The van der Waals surface area contributed by atoms with Crippen molar-refractivity contribution < 1.29 is 9.90 Å². The SMILES string of the molecule is CCCCNC(N)=NCCCC[C@H](N)C(=O)O. The summed E-state index contributed by atoms with van der Waals surface area (Å²) in [6.45, 7) is 3.56. The Hall–Kier alpha value is -1.30. The van der Waals surface area contributed by atoms with Crippen LogP contribution in [-0.4, -0.2) is 36.2 Å². The van der Waals surface area contributed by atoms with Crippen molar-refractivity contribution in [2.24, 2.45) is 16.5 Å². The van der Waals surface area contributed by atoms with Crippen LogP contribution in [0, 0.1) is 0 Å². The third kappa shape index (κ3) is 9.62. The molecule has 0 aromatic carbocycles. The summed E-state index contributed by atoms with van der Waals surface area (Å²) < 4.78 is 0. The zero-order valence-corrected chi connectivity index (χ0v) is 10.5. The van der Waals surface area contributed by atoms with Crippen molar-refractivity contribution in [2.75, 3.05) is 13.1 Å². The van der Waals surface area contributed by atoms with Gasteiger partial charge in [-0.1, -0.05) is 13.3 Å². The molecule has 6 nitrogen and oxygen atoms in total. The molecule has 0 aromatic heterocycles. The largest absolute Gasteiger partial charge is 0.480 e. The van der Waals surface area contributed by atoms with E-state index in [0.29, 0.717) is 18.9 Å². The maximum absolute atomic E-state index is 10.4. The molecule has 100 valence electrons. The van der Waals surface area contributed by atoms with Crippen LogP contribution in [0.3, 0.4) is 0 Å². The van der Waals surface area contributed by atoms with E-state index in [2.05, 4.69) is 17.2 Å². The van der Waals surface area contributed by atoms with Gasteiger partial charge in [-0.3, -0.25) is 9.79 Å². The van der Waals surface area contributed by atoms with Gasteiger partial charge in [0.05, 0.1) is 0 Å². The Kier molecular flexibility index (Phi) is 9.14. The molecule has 0 saturated heterocycles. The molecule has 0 heterocycles. The van der Waals surface area contributed by atoms with Crippen molar-refractivity contribution in [3.05, 3.63) is 0 Å². The van der Waals surface area contributed by atoms with Crippen LogP contribution < -0.4 is 16.8 Å². The first kappa shape index (κ1) is 15.7. The van der Waals surface area contributed by atoms with E-state index in [-0.39, 0.29) is 0 Å². The number of aliphatic carboxylic acids is 1. The number of nitrogens with zero attached hydrogens (tertiary/aromatic N) is 1. The van der Waals surface area contributed by atoms with Crippen LogP contribution in [0.1, 0.15) is 39.0 Å². The average molecular weight is 244 g/mol. The van der Waals surface area contributed by atoms with E-state index in [1.807, 2.05) is 0 Å². The van der Waals surface area contributed by atoms with E-state index in [4.69, 9.17) is 16.6 Å². The highest BCUT2D eigenvalue weighted by Crippen LogP contribution is 1.99. The third-order valence-electron chi connectivity index (χ3n) is 2.36. The maximum atomic E-state index is 10.4. The Morgan fingerprint density at radius 2 is 2.12 bits per heavy atom. The molecule has 1 atom stereocenters. The number of carboxylic acids is 1. The van der Waals surface area contributed by atoms with E-state index < -0.39 is 12.0 Å². The summed E-state index contributed by atoms with van der Waals surface area (Å²) in [4.78, 5) is 14.6. The molecule has 0 aromatic rings. The molecule has 0 rings (SSSR count). The lowest BCUT2D eigenvalue weighted by Gasteiger charge is -2.06. The van der Waals surface area contributed by atoms with Crippen molar-refractivity contribution >= 4 is 11.9 Å². The first-order valence-electron chi connectivity index (χ1n) is 6.10. The molecule has 0 radical (unpaired) electrons. The lowest BCUT2D eigenvalue weighted by atomic mass is 10.1. The number of hydrogen-bond donors (Lipinski definition) is 4. The maximum Gasteiger partial charge on any atom is 0.320 e. The second-order valence-corrected chi connectivity index (χ2v) is 3.99. The summed E-state index contributed by atoms with van der Waals surface area (Å²) in [7, 11) is 0. The number of nitrogens with two attached hydrogens (primary N) is 2. The summed E-state index contributed by atoms with van der Waals surface area (Å²) in [5, 5.41) is 11.6. The van der Waals surface area contributed by atoms with Crippen molar-refractivity contribution in [3.8, 4) is 0 Å². The van der Waals surface area contributed by atoms with Gasteiger partial charge in [0, 0.05) is 13.1 Å². The predicted octanol–water partition coefficient (Wildman–Crippen LogP) is 0.273. The van der Waals surface area contributed by atoms with Crippen LogP contribution in [0.2, 0.25) is 0 Å². The van der Waals surface area contributed by atoms with Gasteiger partial charge in [0.15, 0.2) is 5.96 Å². The minimum absolute atomic E-state index is 0.459. The number of nitrogens with one attached hydrogen (secondary N) is 1. The number of guanidine groups is 1. The van der Waals surface area contributed by atoms with Crippen molar-refractivity contribution in [2.45, 2.75) is 45.1 Å². The Bertz CT molecular complexity index is 244. The summed E-state index contributed by atoms with van der Waals surface area (Å²) in [5.41, 5.74) is 11.0. The van der Waals surface area contributed by atoms with Gasteiger partial charge in [-0.15, -0.1) is 0 Å². The van der Waals surface area contributed by atoms with Gasteiger partial charge >= 0.3 is 5.97 Å². The number of carbonyl (C=O) groups is 1. The van der Waals surface area contributed by atoms with Gasteiger partial charge in [0.1, 0.15) is 6.04 Å². The average Bonchev–Trinajstić information content (AvgIpc) is 2.28. The monoisotopic (exact) mass is 244 g/mol. The number of unbranched alkanes of at least 4 members (excludes halogenated alkanes) is 2. The summed E-state index contributed by atoms with van der Waals surface area (Å²) in [5.74, 6) is -0.491. The van der Waals surface area contributed by atoms with Crippen molar-refractivity contribution in [3.63, 3.8) is 0 Å². The van der Waals surface area contributed by atoms with Gasteiger partial charge in [-0.2, -0.15) is 0 Å². The highest BCUT2D eigenvalue weighted by Gasteiger charge is 2.09. The topological polar surface area (TPSA) is 114 Å². The van der Waals surface area contributed by atoms with Gasteiger partial charge in [0.2, 0.25) is 0 Å². The van der Waals surface area contributed by atoms with E-state index >= 15 is 0 Å². The van der Waals surface area contributed by atoms with Crippen LogP contribution in [-0.2, 0) is 4.79 Å². The van der Waals surface area contributed by atoms with Crippen LogP contribution in [0.15, 0.2) is 4.99 Å². The highest BCUT2D eigenvalue weighted by molar-refractivity contribution is 5.77. The van der Waals surface area contributed by atoms with Crippen molar-refractivity contribution in [1.82, 2.24) is 5.32 Å². The zero-order chi connectivity index (χ0) is 13.1. The zero-order valence-electron chi connectivity index (χ0n) is 10.5. The summed E-state index contributed by atoms with van der Waals surface area (Å²) >= 11 is 0. The lowest BCUT2D eigenvalue weighted by Crippen LogP contribution is -2.32. The summed E-state index contributed by atoms with van der Waals surface area (Å²) in [6, 6.07) is -0.765. The predicted molar refractivity (Wildman–Crippen MR) is 68.9 cm³/mol. The lowest BCUT2D eigenvalue weighted by molar-refractivity contribution is -0.138. The van der Waals surface area contributed by atoms with Crippen LogP contribution in [0.4, 0.5) is 0 Å². The van der Waals surface area contributed by atoms with Gasteiger partial charge in [0.25, 0.3) is 0 Å².